The van der Waals surface area contributed by atoms with Gasteiger partial charge in [0.15, 0.2) is 0 Å². The molecule has 1 aliphatic rings. The van der Waals surface area contributed by atoms with E-state index in [1.807, 2.05) is 24.3 Å². The van der Waals surface area contributed by atoms with E-state index in [4.69, 9.17) is 9.57 Å². The molecule has 6 heteroatoms. The van der Waals surface area contributed by atoms with Crippen LogP contribution in [-0.4, -0.2) is 24.8 Å². The highest BCUT2D eigenvalue weighted by atomic mass is 19.1. The van der Waals surface area contributed by atoms with Gasteiger partial charge >= 0.3 is 0 Å². The molecule has 0 bridgehead atoms. The number of benzene rings is 2. The minimum atomic E-state index is -0.738. The van der Waals surface area contributed by atoms with Crippen LogP contribution >= 0.6 is 0 Å². The third kappa shape index (κ3) is 3.53. The number of carbonyl (C=O) groups is 1. The van der Waals surface area contributed by atoms with Gasteiger partial charge in [-0.15, -0.1) is 0 Å². The van der Waals surface area contributed by atoms with Crippen molar-refractivity contribution in [1.82, 2.24) is 5.32 Å². The molecule has 1 aliphatic heterocycles. The van der Waals surface area contributed by atoms with Crippen molar-refractivity contribution in [1.29, 1.82) is 0 Å². The first-order valence-electron chi connectivity index (χ1n) is 7.55. The van der Waals surface area contributed by atoms with Gasteiger partial charge in [0.1, 0.15) is 11.6 Å². The molecule has 1 atom stereocenters. The number of rotatable bonds is 5. The Labute approximate surface area is 139 Å². The maximum Gasteiger partial charge on any atom is 0.264 e. The summed E-state index contributed by atoms with van der Waals surface area (Å²) in [6.45, 7) is 0.373. The number of oxime groups is 1. The maximum atomic E-state index is 13.8. The first-order chi connectivity index (χ1) is 11.7. The second-order valence-corrected chi connectivity index (χ2v) is 5.38. The average molecular weight is 328 g/mol. The van der Waals surface area contributed by atoms with Crippen molar-refractivity contribution in [2.24, 2.45) is 5.16 Å². The molecule has 1 N–H and O–H groups in total. The van der Waals surface area contributed by atoms with Crippen molar-refractivity contribution >= 4 is 11.6 Å². The van der Waals surface area contributed by atoms with Crippen molar-refractivity contribution in [3.05, 3.63) is 65.5 Å². The van der Waals surface area contributed by atoms with E-state index in [0.717, 1.165) is 11.3 Å². The third-order valence-electron chi connectivity index (χ3n) is 3.77. The summed E-state index contributed by atoms with van der Waals surface area (Å²) in [6, 6.07) is 13.7. The fourth-order valence-corrected chi connectivity index (χ4v) is 2.42. The summed E-state index contributed by atoms with van der Waals surface area (Å²) in [5.74, 6) is 0.104. The maximum absolute atomic E-state index is 13.8. The molecule has 3 rings (SSSR count). The van der Waals surface area contributed by atoms with Gasteiger partial charge in [0.05, 0.1) is 12.8 Å². The van der Waals surface area contributed by atoms with Crippen LogP contribution in [0.15, 0.2) is 53.7 Å². The highest BCUT2D eigenvalue weighted by Crippen LogP contribution is 2.19. The minimum Gasteiger partial charge on any atom is -0.497 e. The number of amides is 1. The minimum absolute atomic E-state index is 0.245. The smallest absolute Gasteiger partial charge is 0.264 e. The van der Waals surface area contributed by atoms with Gasteiger partial charge in [-0.3, -0.25) is 4.79 Å². The van der Waals surface area contributed by atoms with Crippen LogP contribution in [0.2, 0.25) is 0 Å². The van der Waals surface area contributed by atoms with Gasteiger partial charge in [0.2, 0.25) is 6.10 Å². The molecule has 1 unspecified atom stereocenters. The molecule has 124 valence electrons. The van der Waals surface area contributed by atoms with Gasteiger partial charge in [-0.1, -0.05) is 35.5 Å². The number of nitrogens with one attached hydrogen (secondary N) is 1. The first kappa shape index (κ1) is 16.0. The Bertz CT molecular complexity index is 759. The predicted octanol–water partition coefficient (Wildman–Crippen LogP) is 2.64. The van der Waals surface area contributed by atoms with Crippen LogP contribution in [0.25, 0.3) is 0 Å². The summed E-state index contributed by atoms with van der Waals surface area (Å²) in [7, 11) is 1.60. The number of nitrogens with zero attached hydrogens (tertiary/aromatic N) is 1. The zero-order valence-corrected chi connectivity index (χ0v) is 13.2. The Morgan fingerprint density at radius 2 is 2.04 bits per heavy atom. The van der Waals surface area contributed by atoms with Crippen molar-refractivity contribution in [2.75, 3.05) is 7.11 Å². The van der Waals surface area contributed by atoms with Gasteiger partial charge < -0.3 is 14.9 Å². The zero-order valence-electron chi connectivity index (χ0n) is 13.2. The third-order valence-corrected chi connectivity index (χ3v) is 3.77. The van der Waals surface area contributed by atoms with Crippen molar-refractivity contribution in [3.8, 4) is 5.75 Å². The molecule has 2 aromatic rings. The highest BCUT2D eigenvalue weighted by Gasteiger charge is 2.29. The molecule has 1 heterocycles. The van der Waals surface area contributed by atoms with E-state index in [1.54, 1.807) is 25.3 Å². The van der Waals surface area contributed by atoms with E-state index in [2.05, 4.69) is 10.5 Å². The van der Waals surface area contributed by atoms with Crippen molar-refractivity contribution in [2.45, 2.75) is 19.1 Å². The molecule has 1 amide bonds. The molecule has 0 saturated carbocycles. The van der Waals surface area contributed by atoms with E-state index in [9.17, 15) is 9.18 Å². The number of halogens is 1. The van der Waals surface area contributed by atoms with E-state index in [-0.39, 0.29) is 18.1 Å². The van der Waals surface area contributed by atoms with Gasteiger partial charge in [-0.05, 0) is 23.8 Å². The Kier molecular flexibility index (Phi) is 4.74. The second kappa shape index (κ2) is 7.12. The van der Waals surface area contributed by atoms with Crippen LogP contribution in [-0.2, 0) is 16.2 Å². The summed E-state index contributed by atoms with van der Waals surface area (Å²) < 4.78 is 18.8. The van der Waals surface area contributed by atoms with E-state index in [0.29, 0.717) is 17.8 Å². The number of hydrogen-bond acceptors (Lipinski definition) is 4. The lowest BCUT2D eigenvalue weighted by atomic mass is 10.0. The lowest BCUT2D eigenvalue weighted by Crippen LogP contribution is -2.34. The van der Waals surface area contributed by atoms with Gasteiger partial charge in [-0.2, -0.15) is 0 Å². The Balaban J connectivity index is 1.55. The largest absolute Gasteiger partial charge is 0.497 e. The predicted molar refractivity (Wildman–Crippen MR) is 87.3 cm³/mol. The normalized spacial score (nSPS) is 16.2. The van der Waals surface area contributed by atoms with Gasteiger partial charge in [0, 0.05) is 18.5 Å². The summed E-state index contributed by atoms with van der Waals surface area (Å²) >= 11 is 0. The molecule has 5 nitrogen and oxygen atoms in total. The average Bonchev–Trinajstić information content (AvgIpc) is 3.10. The Hall–Kier alpha value is -2.89. The molecule has 0 radical (unpaired) electrons. The quantitative estimate of drug-likeness (QED) is 0.918. The Morgan fingerprint density at radius 3 is 2.75 bits per heavy atom. The van der Waals surface area contributed by atoms with Gasteiger partial charge in [-0.25, -0.2) is 4.39 Å². The lowest BCUT2D eigenvalue weighted by Gasteiger charge is -2.10. The van der Waals surface area contributed by atoms with Gasteiger partial charge in [0.25, 0.3) is 5.91 Å². The van der Waals surface area contributed by atoms with Crippen molar-refractivity contribution < 1.29 is 18.8 Å². The highest BCUT2D eigenvalue weighted by molar-refractivity contribution is 6.04. The summed E-state index contributed by atoms with van der Waals surface area (Å²) in [5.41, 5.74) is 1.75. The second-order valence-electron chi connectivity index (χ2n) is 5.38. The van der Waals surface area contributed by atoms with Crippen LogP contribution in [0.3, 0.4) is 0 Å². The molecule has 0 fully saturated rings. The molecule has 2 aromatic carbocycles. The van der Waals surface area contributed by atoms with E-state index in [1.165, 1.54) is 6.07 Å². The zero-order chi connectivity index (χ0) is 16.9. The number of ether oxygens (including phenoxy) is 1. The molecule has 0 saturated heterocycles. The number of hydrogen-bond donors (Lipinski definition) is 1. The summed E-state index contributed by atoms with van der Waals surface area (Å²) in [6.07, 6.45) is -0.493. The molecule has 0 spiro atoms. The SMILES string of the molecule is COc1ccc(CNC(=O)C2CC(c3ccccc3F)=NO2)cc1. The van der Waals surface area contributed by atoms with Crippen LogP contribution < -0.4 is 10.1 Å². The fourth-order valence-electron chi connectivity index (χ4n) is 2.42. The van der Waals surface area contributed by atoms with Crippen LogP contribution in [0, 0.1) is 5.82 Å². The molecule has 0 aliphatic carbocycles. The van der Waals surface area contributed by atoms with Crippen LogP contribution in [0.4, 0.5) is 4.39 Å². The molecular weight excluding hydrogens is 311 g/mol. The molecule has 0 aromatic heterocycles. The van der Waals surface area contributed by atoms with E-state index >= 15 is 0 Å². The summed E-state index contributed by atoms with van der Waals surface area (Å²) in [4.78, 5) is 17.3. The molecule has 24 heavy (non-hydrogen) atoms. The standard InChI is InChI=1S/C18H17FN2O3/c1-23-13-8-6-12(7-9-13)11-20-18(22)17-10-16(21-24-17)14-4-2-3-5-15(14)19/h2-9,17H,10-11H2,1H3,(H,20,22). The van der Waals surface area contributed by atoms with Crippen LogP contribution in [0.5, 0.6) is 5.75 Å². The van der Waals surface area contributed by atoms with E-state index < -0.39 is 6.10 Å². The topological polar surface area (TPSA) is 59.9 Å². The van der Waals surface area contributed by atoms with Crippen molar-refractivity contribution in [3.63, 3.8) is 0 Å². The monoisotopic (exact) mass is 328 g/mol. The first-order valence-corrected chi connectivity index (χ1v) is 7.55. The summed E-state index contributed by atoms with van der Waals surface area (Å²) in [5, 5.41) is 6.64. The van der Waals surface area contributed by atoms with Crippen LogP contribution in [0.1, 0.15) is 17.5 Å². The molecular formula is C18H17FN2O3. The number of methoxy groups -OCH3 is 1. The fraction of sp³-hybridized carbons (Fsp3) is 0.222. The Morgan fingerprint density at radius 1 is 1.29 bits per heavy atom. The number of carbonyl (C=O) groups excluding carboxylic acids is 1. The lowest BCUT2D eigenvalue weighted by molar-refractivity contribution is -0.131.